The molecule has 0 saturated heterocycles. The zero-order chi connectivity index (χ0) is 14.4. The van der Waals surface area contributed by atoms with Gasteiger partial charge in [0.15, 0.2) is 0 Å². The van der Waals surface area contributed by atoms with E-state index in [0.29, 0.717) is 6.04 Å². The van der Waals surface area contributed by atoms with Gasteiger partial charge in [0.2, 0.25) is 0 Å². The van der Waals surface area contributed by atoms with Crippen molar-refractivity contribution >= 4 is 17.4 Å². The van der Waals surface area contributed by atoms with Gasteiger partial charge >= 0.3 is 0 Å². The number of nitrogens with zero attached hydrogens (tertiary/aromatic N) is 1. The van der Waals surface area contributed by atoms with Crippen LogP contribution in [0.4, 0.5) is 5.69 Å². The van der Waals surface area contributed by atoms with Gasteiger partial charge in [0, 0.05) is 30.1 Å². The van der Waals surface area contributed by atoms with E-state index < -0.39 is 6.10 Å². The number of hydrogen-bond acceptors (Lipinski definition) is 4. The fourth-order valence-corrected chi connectivity index (χ4v) is 3.17. The summed E-state index contributed by atoms with van der Waals surface area (Å²) in [6.07, 6.45) is 2.66. The van der Waals surface area contributed by atoms with Crippen LogP contribution in [0.5, 0.6) is 5.75 Å². The van der Waals surface area contributed by atoms with E-state index in [0.717, 1.165) is 29.2 Å². The lowest BCUT2D eigenvalue weighted by Crippen LogP contribution is -2.34. The summed E-state index contributed by atoms with van der Waals surface area (Å²) in [6, 6.07) is 6.38. The molecule has 1 aromatic rings. The van der Waals surface area contributed by atoms with Gasteiger partial charge in [0.05, 0.1) is 13.2 Å². The first-order valence-corrected chi connectivity index (χ1v) is 8.02. The first kappa shape index (κ1) is 16.2. The summed E-state index contributed by atoms with van der Waals surface area (Å²) in [6.45, 7) is 3.98. The van der Waals surface area contributed by atoms with Crippen molar-refractivity contribution in [2.75, 3.05) is 31.1 Å². The van der Waals surface area contributed by atoms with Crippen molar-refractivity contribution in [3.05, 3.63) is 23.8 Å². The molecule has 0 aromatic heterocycles. The van der Waals surface area contributed by atoms with E-state index in [-0.39, 0.29) is 0 Å². The maximum absolute atomic E-state index is 10.0. The Labute approximate surface area is 121 Å². The maximum Gasteiger partial charge on any atom is 0.126 e. The minimum Gasteiger partial charge on any atom is -0.496 e. The Balaban J connectivity index is 3.17. The first-order chi connectivity index (χ1) is 9.06. The summed E-state index contributed by atoms with van der Waals surface area (Å²) in [5, 5.41) is 10.0. The third kappa shape index (κ3) is 3.80. The lowest BCUT2D eigenvalue weighted by Gasteiger charge is -2.31. The van der Waals surface area contributed by atoms with Gasteiger partial charge in [-0.2, -0.15) is 11.8 Å². The number of aliphatic hydroxyl groups excluding tert-OH is 1. The third-order valence-electron chi connectivity index (χ3n) is 3.44. The molecule has 1 aromatic carbocycles. The second kappa shape index (κ2) is 7.65. The highest BCUT2D eigenvalue weighted by atomic mass is 32.2. The molecule has 0 radical (unpaired) electrons. The van der Waals surface area contributed by atoms with Crippen LogP contribution in [0.15, 0.2) is 18.2 Å². The highest BCUT2D eigenvalue weighted by molar-refractivity contribution is 7.98. The molecule has 0 amide bonds. The Morgan fingerprint density at radius 3 is 2.58 bits per heavy atom. The van der Waals surface area contributed by atoms with Gasteiger partial charge in [-0.25, -0.2) is 0 Å². The highest BCUT2D eigenvalue weighted by Crippen LogP contribution is 2.35. The van der Waals surface area contributed by atoms with E-state index in [4.69, 9.17) is 4.74 Å². The van der Waals surface area contributed by atoms with E-state index in [1.165, 1.54) is 0 Å². The predicted octanol–water partition coefficient (Wildman–Crippen LogP) is 3.33. The predicted molar refractivity (Wildman–Crippen MR) is 84.5 cm³/mol. The van der Waals surface area contributed by atoms with Crippen LogP contribution >= 0.6 is 11.8 Å². The third-order valence-corrected chi connectivity index (χ3v) is 4.16. The summed E-state index contributed by atoms with van der Waals surface area (Å²) < 4.78 is 5.38. The molecule has 1 unspecified atom stereocenters. The second-order valence-corrected chi connectivity index (χ2v) is 5.61. The molecule has 2 atom stereocenters. The average molecular weight is 283 g/mol. The summed E-state index contributed by atoms with van der Waals surface area (Å²) in [5.41, 5.74) is 1.92. The van der Waals surface area contributed by atoms with E-state index in [1.54, 1.807) is 14.0 Å². The number of ether oxygens (including phenoxy) is 1. The molecule has 0 bridgehead atoms. The van der Waals surface area contributed by atoms with Crippen LogP contribution in [0.25, 0.3) is 0 Å². The van der Waals surface area contributed by atoms with Crippen LogP contribution in [-0.4, -0.2) is 37.3 Å². The molecule has 4 heteroatoms. The molecule has 0 saturated carbocycles. The van der Waals surface area contributed by atoms with E-state index in [9.17, 15) is 5.11 Å². The molecule has 0 fully saturated rings. The number of methoxy groups -OCH3 is 1. The Hall–Kier alpha value is -0.870. The standard InChI is InChI=1S/C15H25NO2S/c1-6-12(10-19-5)16(3)13-8-7-9-14(18-4)15(13)11(2)17/h7-9,11-12,17H,6,10H2,1-5H3/t11-,12?/m0/s1. The highest BCUT2D eigenvalue weighted by Gasteiger charge is 2.20. The van der Waals surface area contributed by atoms with Crippen molar-refractivity contribution in [2.24, 2.45) is 0 Å². The van der Waals surface area contributed by atoms with Crippen LogP contribution in [0, 0.1) is 0 Å². The molecule has 1 N–H and O–H groups in total. The van der Waals surface area contributed by atoms with Gasteiger partial charge in [-0.3, -0.25) is 0 Å². The zero-order valence-corrected chi connectivity index (χ0v) is 13.3. The average Bonchev–Trinajstić information content (AvgIpc) is 2.42. The topological polar surface area (TPSA) is 32.7 Å². The van der Waals surface area contributed by atoms with Gasteiger partial charge < -0.3 is 14.7 Å². The van der Waals surface area contributed by atoms with Crippen LogP contribution in [0.1, 0.15) is 31.9 Å². The van der Waals surface area contributed by atoms with Crippen molar-refractivity contribution in [3.8, 4) is 5.75 Å². The fraction of sp³-hybridized carbons (Fsp3) is 0.600. The number of anilines is 1. The summed E-state index contributed by atoms with van der Waals surface area (Å²) in [4.78, 5) is 2.25. The first-order valence-electron chi connectivity index (χ1n) is 6.63. The summed E-state index contributed by atoms with van der Waals surface area (Å²) in [5.74, 6) is 1.82. The van der Waals surface area contributed by atoms with Crippen LogP contribution in [0.2, 0.25) is 0 Å². The molecule has 1 rings (SSSR count). The van der Waals surface area contributed by atoms with Gasteiger partial charge in [0.1, 0.15) is 5.75 Å². The van der Waals surface area contributed by atoms with Gasteiger partial charge in [-0.1, -0.05) is 13.0 Å². The largest absolute Gasteiger partial charge is 0.496 e. The monoisotopic (exact) mass is 283 g/mol. The lowest BCUT2D eigenvalue weighted by atomic mass is 10.0. The molecular formula is C15H25NO2S. The molecule has 0 aliphatic rings. The number of aliphatic hydroxyl groups is 1. The van der Waals surface area contributed by atoms with Crippen molar-refractivity contribution in [1.82, 2.24) is 0 Å². The maximum atomic E-state index is 10.0. The molecule has 0 aliphatic carbocycles. The van der Waals surface area contributed by atoms with Crippen molar-refractivity contribution in [3.63, 3.8) is 0 Å². The van der Waals surface area contributed by atoms with Crippen molar-refractivity contribution in [1.29, 1.82) is 0 Å². The van der Waals surface area contributed by atoms with Gasteiger partial charge in [-0.05, 0) is 31.7 Å². The SMILES string of the molecule is CCC(CSC)N(C)c1cccc(OC)c1[C@H](C)O. The van der Waals surface area contributed by atoms with Gasteiger partial charge in [-0.15, -0.1) is 0 Å². The number of benzene rings is 1. The van der Waals surface area contributed by atoms with E-state index >= 15 is 0 Å². The normalized spacial score (nSPS) is 14.0. The zero-order valence-electron chi connectivity index (χ0n) is 12.5. The molecule has 0 spiro atoms. The number of rotatable bonds is 7. The second-order valence-electron chi connectivity index (χ2n) is 4.70. The summed E-state index contributed by atoms with van der Waals surface area (Å²) >= 11 is 1.85. The molecule has 3 nitrogen and oxygen atoms in total. The Morgan fingerprint density at radius 2 is 2.11 bits per heavy atom. The molecule has 108 valence electrons. The smallest absolute Gasteiger partial charge is 0.126 e. The van der Waals surface area contributed by atoms with Crippen LogP contribution in [0.3, 0.4) is 0 Å². The van der Waals surface area contributed by atoms with Crippen molar-refractivity contribution < 1.29 is 9.84 Å². The molecule has 19 heavy (non-hydrogen) atoms. The Bertz CT molecular complexity index is 396. The van der Waals surface area contributed by atoms with Gasteiger partial charge in [0.25, 0.3) is 0 Å². The fourth-order valence-electron chi connectivity index (χ4n) is 2.33. The molecular weight excluding hydrogens is 258 g/mol. The summed E-state index contributed by atoms with van der Waals surface area (Å²) in [7, 11) is 3.73. The van der Waals surface area contributed by atoms with Crippen LogP contribution < -0.4 is 9.64 Å². The van der Waals surface area contributed by atoms with Crippen molar-refractivity contribution in [2.45, 2.75) is 32.4 Å². The quantitative estimate of drug-likeness (QED) is 0.832. The lowest BCUT2D eigenvalue weighted by molar-refractivity contribution is 0.194. The Morgan fingerprint density at radius 1 is 1.42 bits per heavy atom. The minimum absolute atomic E-state index is 0.458. The molecule has 0 heterocycles. The number of thioether (sulfide) groups is 1. The minimum atomic E-state index is -0.541. The van der Waals surface area contributed by atoms with E-state index in [1.807, 2.05) is 30.0 Å². The number of hydrogen-bond donors (Lipinski definition) is 1. The molecule has 0 aliphatic heterocycles. The van der Waals surface area contributed by atoms with Crippen LogP contribution in [-0.2, 0) is 0 Å². The Kier molecular flexibility index (Phi) is 6.52. The van der Waals surface area contributed by atoms with E-state index in [2.05, 4.69) is 25.1 Å².